The number of aliphatic carboxylic acids is 3. The van der Waals surface area contributed by atoms with Gasteiger partial charge in [-0.15, -0.1) is 0 Å². The summed E-state index contributed by atoms with van der Waals surface area (Å²) in [6, 6.07) is 7.19. The SMILES string of the molecule is N#Cc1ccc(CC(C(=O)O)(C(=O)O)C(=O)O)cc1. The number of nitrogens with zero attached hydrogens (tertiary/aromatic N) is 1. The smallest absolute Gasteiger partial charge is 0.333 e. The van der Waals surface area contributed by atoms with Gasteiger partial charge in [0, 0.05) is 6.42 Å². The summed E-state index contributed by atoms with van der Waals surface area (Å²) in [5.74, 6) is -5.84. The zero-order valence-electron chi connectivity index (χ0n) is 9.53. The van der Waals surface area contributed by atoms with Crippen molar-refractivity contribution in [3.05, 3.63) is 35.4 Å². The third kappa shape index (κ3) is 2.52. The molecular weight excluding hydrogens is 254 g/mol. The lowest BCUT2D eigenvalue weighted by Gasteiger charge is -2.19. The van der Waals surface area contributed by atoms with Crippen LogP contribution in [0, 0.1) is 16.7 Å². The van der Waals surface area contributed by atoms with E-state index in [0.29, 0.717) is 5.56 Å². The minimum absolute atomic E-state index is 0.200. The van der Waals surface area contributed by atoms with Crippen LogP contribution in [0.2, 0.25) is 0 Å². The molecule has 0 fully saturated rings. The first kappa shape index (κ1) is 14.2. The van der Waals surface area contributed by atoms with Crippen LogP contribution >= 0.6 is 0 Å². The molecule has 0 aliphatic rings. The van der Waals surface area contributed by atoms with Crippen LogP contribution in [0.3, 0.4) is 0 Å². The first-order valence-corrected chi connectivity index (χ1v) is 5.04. The minimum atomic E-state index is -2.94. The van der Waals surface area contributed by atoms with E-state index in [1.54, 1.807) is 0 Å². The maximum Gasteiger partial charge on any atom is 0.333 e. The molecule has 1 aromatic rings. The van der Waals surface area contributed by atoms with Crippen molar-refractivity contribution in [1.29, 1.82) is 5.26 Å². The van der Waals surface area contributed by atoms with Gasteiger partial charge >= 0.3 is 17.9 Å². The summed E-state index contributed by atoms with van der Waals surface area (Å²) in [6.07, 6.45) is -0.710. The van der Waals surface area contributed by atoms with Gasteiger partial charge in [0.05, 0.1) is 11.6 Å². The third-order valence-electron chi connectivity index (χ3n) is 2.65. The Morgan fingerprint density at radius 2 is 1.42 bits per heavy atom. The van der Waals surface area contributed by atoms with Gasteiger partial charge in [-0.25, -0.2) is 0 Å². The molecule has 0 unspecified atom stereocenters. The van der Waals surface area contributed by atoms with E-state index in [2.05, 4.69) is 0 Å². The zero-order valence-corrected chi connectivity index (χ0v) is 9.53. The molecule has 0 heterocycles. The number of carboxylic acids is 3. The van der Waals surface area contributed by atoms with Crippen LogP contribution in [0.15, 0.2) is 24.3 Å². The predicted octanol–water partition coefficient (Wildman–Crippen LogP) is 0.341. The molecule has 1 rings (SSSR count). The van der Waals surface area contributed by atoms with E-state index in [9.17, 15) is 14.4 Å². The van der Waals surface area contributed by atoms with Gasteiger partial charge in [0.25, 0.3) is 5.41 Å². The zero-order chi connectivity index (χ0) is 14.6. The van der Waals surface area contributed by atoms with Crippen LogP contribution < -0.4 is 0 Å². The number of rotatable bonds is 5. The normalized spacial score (nSPS) is 10.5. The topological polar surface area (TPSA) is 136 Å². The van der Waals surface area contributed by atoms with Gasteiger partial charge in [0.15, 0.2) is 0 Å². The van der Waals surface area contributed by atoms with Gasteiger partial charge in [-0.2, -0.15) is 5.26 Å². The fraction of sp³-hybridized carbons (Fsp3) is 0.167. The van der Waals surface area contributed by atoms with E-state index in [4.69, 9.17) is 20.6 Å². The van der Waals surface area contributed by atoms with Crippen molar-refractivity contribution < 1.29 is 29.7 Å². The Balaban J connectivity index is 3.21. The Kier molecular flexibility index (Phi) is 3.87. The van der Waals surface area contributed by atoms with Gasteiger partial charge < -0.3 is 15.3 Å². The van der Waals surface area contributed by atoms with Gasteiger partial charge in [-0.1, -0.05) is 12.1 Å². The van der Waals surface area contributed by atoms with Crippen LogP contribution in [0.4, 0.5) is 0 Å². The van der Waals surface area contributed by atoms with Crippen LogP contribution in [0.25, 0.3) is 0 Å². The van der Waals surface area contributed by atoms with Crippen molar-refractivity contribution in [2.45, 2.75) is 6.42 Å². The lowest BCUT2D eigenvalue weighted by atomic mass is 9.81. The monoisotopic (exact) mass is 263 g/mol. The second kappa shape index (κ2) is 5.18. The maximum atomic E-state index is 11.0. The highest BCUT2D eigenvalue weighted by atomic mass is 16.4. The number of hydrogen-bond donors (Lipinski definition) is 3. The van der Waals surface area contributed by atoms with E-state index >= 15 is 0 Å². The molecule has 3 N–H and O–H groups in total. The highest BCUT2D eigenvalue weighted by Crippen LogP contribution is 2.25. The van der Waals surface area contributed by atoms with E-state index < -0.39 is 29.7 Å². The summed E-state index contributed by atoms with van der Waals surface area (Å²) in [6.45, 7) is 0. The van der Waals surface area contributed by atoms with E-state index in [1.807, 2.05) is 6.07 Å². The molecule has 0 spiro atoms. The summed E-state index contributed by atoms with van der Waals surface area (Å²) in [7, 11) is 0. The van der Waals surface area contributed by atoms with Crippen LogP contribution in [-0.2, 0) is 20.8 Å². The number of carbonyl (C=O) groups is 3. The second-order valence-electron chi connectivity index (χ2n) is 3.81. The Bertz CT molecular complexity index is 533. The third-order valence-corrected chi connectivity index (χ3v) is 2.65. The molecular formula is C12H9NO6. The second-order valence-corrected chi connectivity index (χ2v) is 3.81. The van der Waals surface area contributed by atoms with Gasteiger partial charge in [-0.3, -0.25) is 14.4 Å². The summed E-state index contributed by atoms with van der Waals surface area (Å²) in [4.78, 5) is 33.1. The number of benzene rings is 1. The average molecular weight is 263 g/mol. The molecule has 0 atom stereocenters. The predicted molar refractivity (Wildman–Crippen MR) is 60.2 cm³/mol. The molecule has 0 aromatic heterocycles. The molecule has 7 heteroatoms. The molecule has 0 aliphatic carbocycles. The van der Waals surface area contributed by atoms with E-state index in [1.165, 1.54) is 24.3 Å². The Morgan fingerprint density at radius 1 is 1.00 bits per heavy atom. The Hall–Kier alpha value is -2.88. The minimum Gasteiger partial charge on any atom is -0.480 e. The highest BCUT2D eigenvalue weighted by Gasteiger charge is 2.54. The molecule has 0 radical (unpaired) electrons. The summed E-state index contributed by atoms with van der Waals surface area (Å²) in [5.41, 5.74) is -2.43. The largest absolute Gasteiger partial charge is 0.480 e. The van der Waals surface area contributed by atoms with Gasteiger partial charge in [-0.05, 0) is 17.7 Å². The average Bonchev–Trinajstić information content (AvgIpc) is 2.35. The van der Waals surface area contributed by atoms with Crippen LogP contribution in [0.5, 0.6) is 0 Å². The molecule has 19 heavy (non-hydrogen) atoms. The molecule has 0 aliphatic heterocycles. The quantitative estimate of drug-likeness (QED) is 0.651. The fourth-order valence-electron chi connectivity index (χ4n) is 1.50. The maximum absolute atomic E-state index is 11.0. The number of nitriles is 1. The lowest BCUT2D eigenvalue weighted by molar-refractivity contribution is -0.175. The van der Waals surface area contributed by atoms with Crippen LogP contribution in [-0.4, -0.2) is 33.2 Å². The highest BCUT2D eigenvalue weighted by molar-refractivity contribution is 6.16. The van der Waals surface area contributed by atoms with Crippen molar-refractivity contribution >= 4 is 17.9 Å². The van der Waals surface area contributed by atoms with Crippen molar-refractivity contribution in [3.63, 3.8) is 0 Å². The molecule has 0 bridgehead atoms. The standard InChI is InChI=1S/C12H9NO6/c13-6-8-3-1-7(2-4-8)5-12(9(14)15,10(16)17)11(18)19/h1-4H,5H2,(H,14,15)(H,16,17)(H,18,19). The van der Waals surface area contributed by atoms with Crippen molar-refractivity contribution in [2.75, 3.05) is 0 Å². The van der Waals surface area contributed by atoms with Crippen molar-refractivity contribution in [2.24, 2.45) is 5.41 Å². The van der Waals surface area contributed by atoms with Crippen molar-refractivity contribution in [1.82, 2.24) is 0 Å². The summed E-state index contributed by atoms with van der Waals surface area (Å²) < 4.78 is 0. The first-order chi connectivity index (χ1) is 8.84. The molecule has 0 saturated heterocycles. The number of carboxylic acid groups (broad SMARTS) is 3. The summed E-state index contributed by atoms with van der Waals surface area (Å²) >= 11 is 0. The summed E-state index contributed by atoms with van der Waals surface area (Å²) in [5, 5.41) is 35.3. The fourth-order valence-corrected chi connectivity index (χ4v) is 1.50. The first-order valence-electron chi connectivity index (χ1n) is 5.04. The lowest BCUT2D eigenvalue weighted by Crippen LogP contribution is -2.48. The Morgan fingerprint density at radius 3 is 1.74 bits per heavy atom. The van der Waals surface area contributed by atoms with E-state index in [-0.39, 0.29) is 5.56 Å². The molecule has 0 amide bonds. The molecule has 7 nitrogen and oxygen atoms in total. The van der Waals surface area contributed by atoms with Gasteiger partial charge in [0.2, 0.25) is 0 Å². The van der Waals surface area contributed by atoms with Gasteiger partial charge in [0.1, 0.15) is 0 Å². The van der Waals surface area contributed by atoms with E-state index in [0.717, 1.165) is 0 Å². The van der Waals surface area contributed by atoms with Crippen molar-refractivity contribution in [3.8, 4) is 6.07 Å². The van der Waals surface area contributed by atoms with Crippen LogP contribution in [0.1, 0.15) is 11.1 Å². The molecule has 0 saturated carbocycles. The molecule has 98 valence electrons. The Labute approximate surface area is 107 Å². The molecule has 1 aromatic carbocycles. The number of hydrogen-bond acceptors (Lipinski definition) is 4.